The van der Waals surface area contributed by atoms with Crippen molar-refractivity contribution < 1.29 is 9.84 Å². The van der Waals surface area contributed by atoms with Gasteiger partial charge in [0, 0.05) is 25.3 Å². The van der Waals surface area contributed by atoms with Crippen LogP contribution in [0, 0.1) is 5.92 Å². The third-order valence-corrected chi connectivity index (χ3v) is 4.46. The molecule has 1 fully saturated rings. The number of hydrogen-bond acceptors (Lipinski definition) is 3. The topological polar surface area (TPSA) is 47.3 Å². The minimum atomic E-state index is -0.455. The van der Waals surface area contributed by atoms with Crippen molar-refractivity contribution in [2.75, 3.05) is 6.61 Å². The quantitative estimate of drug-likeness (QED) is 0.839. The summed E-state index contributed by atoms with van der Waals surface area (Å²) in [5, 5.41) is 15.2. The number of aliphatic hydroxyl groups is 1. The lowest BCUT2D eigenvalue weighted by atomic mass is 9.82. The predicted molar refractivity (Wildman–Crippen MR) is 84.3 cm³/mol. The Hall–Kier alpha value is -0.870. The molecule has 1 heterocycles. The third-order valence-electron chi connectivity index (χ3n) is 4.46. The molecule has 2 unspecified atom stereocenters. The fourth-order valence-corrected chi connectivity index (χ4v) is 3.32. The average Bonchev–Trinajstić information content (AvgIpc) is 2.94. The summed E-state index contributed by atoms with van der Waals surface area (Å²) < 4.78 is 7.83. The van der Waals surface area contributed by atoms with Crippen molar-refractivity contribution in [3.8, 4) is 0 Å². The van der Waals surface area contributed by atoms with Gasteiger partial charge in [-0.2, -0.15) is 5.10 Å². The number of nitrogens with zero attached hydrogens (tertiary/aromatic N) is 2. The van der Waals surface area contributed by atoms with Crippen molar-refractivity contribution in [2.45, 2.75) is 77.5 Å². The number of rotatable bonds is 7. The van der Waals surface area contributed by atoms with E-state index in [0.29, 0.717) is 25.0 Å². The maximum atomic E-state index is 10.6. The summed E-state index contributed by atoms with van der Waals surface area (Å²) >= 11 is 0. The smallest absolute Gasteiger partial charge is 0.0865 e. The zero-order valence-electron chi connectivity index (χ0n) is 13.7. The molecule has 0 radical (unpaired) electrons. The van der Waals surface area contributed by atoms with Crippen LogP contribution in [0.3, 0.4) is 0 Å². The molecule has 1 aliphatic carbocycles. The Kier molecular flexibility index (Phi) is 6.24. The summed E-state index contributed by atoms with van der Waals surface area (Å²) in [4.78, 5) is 0. The molecule has 120 valence electrons. The van der Waals surface area contributed by atoms with Crippen molar-refractivity contribution in [3.05, 3.63) is 18.0 Å². The summed E-state index contributed by atoms with van der Waals surface area (Å²) in [6, 6.07) is 2.37. The van der Waals surface area contributed by atoms with Crippen LogP contribution in [0.15, 0.2) is 12.3 Å². The SMILES string of the molecule is CCOC(C(O)Cc1ccn(C(C)C)n1)C1CCCCC1. The molecule has 2 atom stereocenters. The second kappa shape index (κ2) is 7.95. The van der Waals surface area contributed by atoms with Crippen LogP contribution in [0.2, 0.25) is 0 Å². The van der Waals surface area contributed by atoms with Crippen LogP contribution in [-0.2, 0) is 11.2 Å². The molecule has 21 heavy (non-hydrogen) atoms. The minimum absolute atomic E-state index is 0.0421. The zero-order chi connectivity index (χ0) is 15.2. The molecular formula is C17H30N2O2. The predicted octanol–water partition coefficient (Wildman–Crippen LogP) is 3.35. The van der Waals surface area contributed by atoms with Crippen LogP contribution in [0.1, 0.15) is 64.6 Å². The van der Waals surface area contributed by atoms with Crippen LogP contribution in [0.25, 0.3) is 0 Å². The highest BCUT2D eigenvalue weighted by molar-refractivity contribution is 5.02. The second-order valence-corrected chi connectivity index (χ2v) is 6.47. The first-order valence-electron chi connectivity index (χ1n) is 8.45. The van der Waals surface area contributed by atoms with Crippen LogP contribution < -0.4 is 0 Å². The molecule has 0 aromatic carbocycles. The largest absolute Gasteiger partial charge is 0.390 e. The Morgan fingerprint density at radius 1 is 1.33 bits per heavy atom. The molecule has 0 amide bonds. The maximum Gasteiger partial charge on any atom is 0.0865 e. The monoisotopic (exact) mass is 294 g/mol. The molecule has 1 saturated carbocycles. The molecule has 1 N–H and O–H groups in total. The van der Waals surface area contributed by atoms with Gasteiger partial charge in [-0.3, -0.25) is 4.68 Å². The lowest BCUT2D eigenvalue weighted by Gasteiger charge is -2.33. The Bertz CT molecular complexity index is 411. The van der Waals surface area contributed by atoms with E-state index in [9.17, 15) is 5.11 Å². The van der Waals surface area contributed by atoms with Gasteiger partial charge in [0.15, 0.2) is 0 Å². The standard InChI is InChI=1S/C17H30N2O2/c1-4-21-17(14-8-6-5-7-9-14)16(20)12-15-10-11-19(18-15)13(2)3/h10-11,13-14,16-17,20H,4-9,12H2,1-3H3. The van der Waals surface area contributed by atoms with E-state index in [2.05, 4.69) is 18.9 Å². The van der Waals surface area contributed by atoms with Gasteiger partial charge in [-0.1, -0.05) is 19.3 Å². The van der Waals surface area contributed by atoms with E-state index in [1.165, 1.54) is 32.1 Å². The van der Waals surface area contributed by atoms with E-state index in [0.717, 1.165) is 5.69 Å². The Labute approximate surface area is 128 Å². The van der Waals surface area contributed by atoms with E-state index in [4.69, 9.17) is 4.74 Å². The Balaban J connectivity index is 1.97. The van der Waals surface area contributed by atoms with E-state index in [1.807, 2.05) is 23.9 Å². The fraction of sp³-hybridized carbons (Fsp3) is 0.824. The molecular weight excluding hydrogens is 264 g/mol. The first kappa shape index (κ1) is 16.5. The van der Waals surface area contributed by atoms with E-state index in [1.54, 1.807) is 0 Å². The van der Waals surface area contributed by atoms with Crippen LogP contribution >= 0.6 is 0 Å². The Morgan fingerprint density at radius 2 is 2.05 bits per heavy atom. The molecule has 1 aromatic rings. The van der Waals surface area contributed by atoms with Gasteiger partial charge >= 0.3 is 0 Å². The molecule has 1 aromatic heterocycles. The van der Waals surface area contributed by atoms with Gasteiger partial charge in [-0.25, -0.2) is 0 Å². The first-order valence-corrected chi connectivity index (χ1v) is 8.45. The van der Waals surface area contributed by atoms with Crippen molar-refractivity contribution in [1.29, 1.82) is 0 Å². The van der Waals surface area contributed by atoms with Crippen LogP contribution in [0.5, 0.6) is 0 Å². The van der Waals surface area contributed by atoms with Gasteiger partial charge in [-0.05, 0) is 45.6 Å². The van der Waals surface area contributed by atoms with Gasteiger partial charge in [0.2, 0.25) is 0 Å². The van der Waals surface area contributed by atoms with Gasteiger partial charge in [0.05, 0.1) is 17.9 Å². The zero-order valence-corrected chi connectivity index (χ0v) is 13.7. The number of aromatic nitrogens is 2. The first-order chi connectivity index (χ1) is 10.1. The highest BCUT2D eigenvalue weighted by atomic mass is 16.5. The molecule has 0 aliphatic heterocycles. The highest BCUT2D eigenvalue weighted by Crippen LogP contribution is 2.30. The molecule has 0 spiro atoms. The van der Waals surface area contributed by atoms with Gasteiger partial charge in [0.1, 0.15) is 0 Å². The normalized spacial score (nSPS) is 19.9. The van der Waals surface area contributed by atoms with Crippen molar-refractivity contribution >= 4 is 0 Å². The van der Waals surface area contributed by atoms with Crippen LogP contribution in [-0.4, -0.2) is 33.7 Å². The molecule has 0 bridgehead atoms. The van der Waals surface area contributed by atoms with Crippen molar-refractivity contribution in [1.82, 2.24) is 9.78 Å². The summed E-state index contributed by atoms with van der Waals surface area (Å²) in [5.74, 6) is 0.501. The lowest BCUT2D eigenvalue weighted by Crippen LogP contribution is -2.38. The van der Waals surface area contributed by atoms with E-state index >= 15 is 0 Å². The van der Waals surface area contributed by atoms with Gasteiger partial charge in [-0.15, -0.1) is 0 Å². The molecule has 0 saturated heterocycles. The van der Waals surface area contributed by atoms with Gasteiger partial charge < -0.3 is 9.84 Å². The number of hydrogen-bond donors (Lipinski definition) is 1. The lowest BCUT2D eigenvalue weighted by molar-refractivity contribution is -0.0718. The van der Waals surface area contributed by atoms with Crippen molar-refractivity contribution in [3.63, 3.8) is 0 Å². The van der Waals surface area contributed by atoms with Crippen molar-refractivity contribution in [2.24, 2.45) is 5.92 Å². The molecule has 4 heteroatoms. The maximum absolute atomic E-state index is 10.6. The molecule has 4 nitrogen and oxygen atoms in total. The molecule has 1 aliphatic rings. The highest BCUT2D eigenvalue weighted by Gasteiger charge is 2.30. The fourth-order valence-electron chi connectivity index (χ4n) is 3.32. The van der Waals surface area contributed by atoms with E-state index < -0.39 is 6.10 Å². The minimum Gasteiger partial charge on any atom is -0.390 e. The second-order valence-electron chi connectivity index (χ2n) is 6.47. The average molecular weight is 294 g/mol. The van der Waals surface area contributed by atoms with Gasteiger partial charge in [0.25, 0.3) is 0 Å². The summed E-state index contributed by atoms with van der Waals surface area (Å²) in [6.45, 7) is 6.89. The molecule has 2 rings (SSSR count). The van der Waals surface area contributed by atoms with E-state index in [-0.39, 0.29) is 6.10 Å². The number of ether oxygens (including phenoxy) is 1. The summed E-state index contributed by atoms with van der Waals surface area (Å²) in [5.41, 5.74) is 0.955. The summed E-state index contributed by atoms with van der Waals surface area (Å²) in [7, 11) is 0. The summed E-state index contributed by atoms with van der Waals surface area (Å²) in [6.07, 6.45) is 8.30. The Morgan fingerprint density at radius 3 is 2.62 bits per heavy atom. The van der Waals surface area contributed by atoms with Crippen LogP contribution in [0.4, 0.5) is 0 Å². The number of aliphatic hydroxyl groups excluding tert-OH is 1. The third kappa shape index (κ3) is 4.55.